The first-order chi connectivity index (χ1) is 20.0. The van der Waals surface area contributed by atoms with Gasteiger partial charge in [0.15, 0.2) is 0 Å². The van der Waals surface area contributed by atoms with E-state index >= 15 is 0 Å². The Hall–Kier alpha value is -4.49. The molecule has 3 aromatic carbocycles. The third-order valence-corrected chi connectivity index (χ3v) is 8.34. The van der Waals surface area contributed by atoms with E-state index in [0.717, 1.165) is 48.7 Å². The zero-order valence-electron chi connectivity index (χ0n) is 23.3. The quantitative estimate of drug-likeness (QED) is 0.210. The van der Waals surface area contributed by atoms with Crippen molar-refractivity contribution < 1.29 is 9.90 Å². The van der Waals surface area contributed by atoms with Gasteiger partial charge in [-0.15, -0.1) is 0 Å². The largest absolute Gasteiger partial charge is 0.393 e. The number of nitrogens with one attached hydrogen (secondary N) is 2. The Balaban J connectivity index is 1.10. The molecule has 2 aromatic heterocycles. The summed E-state index contributed by atoms with van der Waals surface area (Å²) in [6, 6.07) is 25.1. The van der Waals surface area contributed by atoms with E-state index in [1.807, 2.05) is 42.2 Å². The summed E-state index contributed by atoms with van der Waals surface area (Å²) in [6.45, 7) is 1.80. The number of nitrogens with zero attached hydrogens (tertiary/aromatic N) is 3. The minimum Gasteiger partial charge on any atom is -0.393 e. The topological polar surface area (TPSA) is 74.5 Å². The van der Waals surface area contributed by atoms with Crippen molar-refractivity contribution in [1.82, 2.24) is 9.13 Å². The summed E-state index contributed by atoms with van der Waals surface area (Å²) < 4.78 is 4.13. The van der Waals surface area contributed by atoms with E-state index in [4.69, 9.17) is 0 Å². The lowest BCUT2D eigenvalue weighted by Gasteiger charge is -2.31. The molecule has 1 saturated heterocycles. The van der Waals surface area contributed by atoms with Crippen molar-refractivity contribution in [2.45, 2.75) is 37.7 Å². The molecule has 0 radical (unpaired) electrons. The number of rotatable bonds is 7. The molecule has 3 N–H and O–H groups in total. The smallest absolute Gasteiger partial charge is 0.257 e. The number of aliphatic hydroxyl groups excluding tert-OH is 1. The second-order valence-corrected chi connectivity index (χ2v) is 11.4. The van der Waals surface area contributed by atoms with Crippen molar-refractivity contribution in [2.75, 3.05) is 28.6 Å². The molecule has 2 fully saturated rings. The van der Waals surface area contributed by atoms with Crippen LogP contribution in [-0.2, 0) is 7.05 Å². The monoisotopic (exact) mass is 545 g/mol. The summed E-state index contributed by atoms with van der Waals surface area (Å²) in [5.41, 5.74) is 8.41. The van der Waals surface area contributed by atoms with E-state index in [9.17, 15) is 9.90 Å². The van der Waals surface area contributed by atoms with Gasteiger partial charge in [-0.05, 0) is 110 Å². The minimum atomic E-state index is -0.163. The molecule has 1 aliphatic heterocycles. The number of fused-ring (bicyclic) bond motifs is 1. The van der Waals surface area contributed by atoms with E-state index in [2.05, 4.69) is 80.9 Å². The van der Waals surface area contributed by atoms with Crippen LogP contribution < -0.4 is 15.5 Å². The zero-order valence-corrected chi connectivity index (χ0v) is 23.3. The standard InChI is InChI=1S/C34H35N5O2/c1-37-17-14-24(21-37)34(41)36-26-6-11-29(12-7-26)39-22-32(23-2-3-23)31-20-27(8-13-33(31)39)35-25-4-9-28(10-5-25)38-18-15-30(40)16-19-38/h4-14,17,20-23,30,35,40H,2-3,15-16,18-19H2,1H3,(H,36,41). The van der Waals surface area contributed by atoms with Crippen molar-refractivity contribution >= 4 is 39.6 Å². The van der Waals surface area contributed by atoms with Crippen molar-refractivity contribution in [3.8, 4) is 5.69 Å². The average molecular weight is 546 g/mol. The molecule has 7 heteroatoms. The zero-order chi connectivity index (χ0) is 27.9. The number of carbonyl (C=O) groups is 1. The highest BCUT2D eigenvalue weighted by Crippen LogP contribution is 2.45. The lowest BCUT2D eigenvalue weighted by atomic mass is 10.1. The molecule has 7 nitrogen and oxygen atoms in total. The Kier molecular flexibility index (Phi) is 6.51. The van der Waals surface area contributed by atoms with Gasteiger partial charge in [-0.25, -0.2) is 0 Å². The SMILES string of the molecule is Cn1ccc(C(=O)Nc2ccc(-n3cc(C4CC4)c4cc(Nc5ccc(N6CCC(O)CC6)cc5)ccc43)cc2)c1. The van der Waals surface area contributed by atoms with E-state index in [1.54, 1.807) is 0 Å². The van der Waals surface area contributed by atoms with Crippen LogP contribution in [0.3, 0.4) is 0 Å². The molecule has 1 amide bonds. The van der Waals surface area contributed by atoms with Crippen LogP contribution in [0, 0.1) is 0 Å². The van der Waals surface area contributed by atoms with Crippen molar-refractivity contribution in [2.24, 2.45) is 7.05 Å². The maximum absolute atomic E-state index is 12.6. The maximum atomic E-state index is 12.6. The fraction of sp³-hybridized carbons (Fsp3) is 0.265. The molecule has 5 aromatic rings. The Morgan fingerprint density at radius 2 is 1.49 bits per heavy atom. The molecule has 7 rings (SSSR count). The summed E-state index contributed by atoms with van der Waals surface area (Å²) in [6.07, 6.45) is 9.93. The van der Waals surface area contributed by atoms with Gasteiger partial charge >= 0.3 is 0 Å². The van der Waals surface area contributed by atoms with E-state index in [1.165, 1.54) is 35.0 Å². The average Bonchev–Trinajstić information content (AvgIpc) is 3.63. The predicted octanol–water partition coefficient (Wildman–Crippen LogP) is 6.80. The molecule has 1 aliphatic carbocycles. The van der Waals surface area contributed by atoms with Crippen molar-refractivity contribution in [1.29, 1.82) is 0 Å². The van der Waals surface area contributed by atoms with Gasteiger partial charge in [0, 0.05) is 72.6 Å². The summed E-state index contributed by atoms with van der Waals surface area (Å²) in [5, 5.41) is 17.7. The lowest BCUT2D eigenvalue weighted by molar-refractivity contribution is 0.102. The summed E-state index contributed by atoms with van der Waals surface area (Å²) >= 11 is 0. The molecule has 41 heavy (non-hydrogen) atoms. The number of aromatic nitrogens is 2. The van der Waals surface area contributed by atoms with Gasteiger partial charge in [0.25, 0.3) is 5.91 Å². The van der Waals surface area contributed by atoms with Gasteiger partial charge in [0.2, 0.25) is 0 Å². The number of aliphatic hydroxyl groups is 1. The van der Waals surface area contributed by atoms with Gasteiger partial charge in [-0.2, -0.15) is 0 Å². The normalized spacial score (nSPS) is 15.8. The number of hydrogen-bond donors (Lipinski definition) is 3. The van der Waals surface area contributed by atoms with Crippen LogP contribution in [0.4, 0.5) is 22.7 Å². The van der Waals surface area contributed by atoms with Crippen LogP contribution >= 0.6 is 0 Å². The van der Waals surface area contributed by atoms with Gasteiger partial charge in [0.1, 0.15) is 0 Å². The lowest BCUT2D eigenvalue weighted by Crippen LogP contribution is -2.35. The molecule has 1 saturated carbocycles. The molecular formula is C34H35N5O2. The second-order valence-electron chi connectivity index (χ2n) is 11.4. The highest BCUT2D eigenvalue weighted by Gasteiger charge is 2.27. The van der Waals surface area contributed by atoms with Gasteiger partial charge < -0.3 is 29.8 Å². The Morgan fingerprint density at radius 1 is 0.805 bits per heavy atom. The number of carbonyl (C=O) groups excluding carboxylic acids is 1. The minimum absolute atomic E-state index is 0.109. The fourth-order valence-electron chi connectivity index (χ4n) is 5.86. The van der Waals surface area contributed by atoms with Crippen LogP contribution in [0.15, 0.2) is 91.4 Å². The van der Waals surface area contributed by atoms with Crippen LogP contribution in [0.1, 0.15) is 47.5 Å². The molecular weight excluding hydrogens is 510 g/mol. The van der Waals surface area contributed by atoms with Crippen molar-refractivity contribution in [3.63, 3.8) is 0 Å². The van der Waals surface area contributed by atoms with Crippen LogP contribution in [0.5, 0.6) is 0 Å². The summed E-state index contributed by atoms with van der Waals surface area (Å²) in [4.78, 5) is 14.9. The molecule has 208 valence electrons. The molecule has 2 aliphatic rings. The molecule has 0 unspecified atom stereocenters. The number of benzene rings is 3. The Labute approximate surface area is 240 Å². The molecule has 0 atom stereocenters. The van der Waals surface area contributed by atoms with Crippen LogP contribution in [0.25, 0.3) is 16.6 Å². The van der Waals surface area contributed by atoms with E-state index in [0.29, 0.717) is 11.5 Å². The summed E-state index contributed by atoms with van der Waals surface area (Å²) in [5.74, 6) is 0.502. The van der Waals surface area contributed by atoms with E-state index < -0.39 is 0 Å². The van der Waals surface area contributed by atoms with Crippen molar-refractivity contribution in [3.05, 3.63) is 103 Å². The number of aryl methyl sites for hydroxylation is 1. The first-order valence-electron chi connectivity index (χ1n) is 14.5. The highest BCUT2D eigenvalue weighted by molar-refractivity contribution is 6.04. The van der Waals surface area contributed by atoms with Gasteiger partial charge in [-0.1, -0.05) is 0 Å². The highest BCUT2D eigenvalue weighted by atomic mass is 16.3. The van der Waals surface area contributed by atoms with Crippen LogP contribution in [-0.4, -0.2) is 39.3 Å². The third-order valence-electron chi connectivity index (χ3n) is 8.34. The first-order valence-corrected chi connectivity index (χ1v) is 14.5. The van der Waals surface area contributed by atoms with Crippen LogP contribution in [0.2, 0.25) is 0 Å². The molecule has 3 heterocycles. The Bertz CT molecular complexity index is 1690. The number of amides is 1. The second kappa shape index (κ2) is 10.5. The Morgan fingerprint density at radius 3 is 2.17 bits per heavy atom. The maximum Gasteiger partial charge on any atom is 0.257 e. The van der Waals surface area contributed by atoms with E-state index in [-0.39, 0.29) is 12.0 Å². The van der Waals surface area contributed by atoms with Gasteiger partial charge in [-0.3, -0.25) is 4.79 Å². The molecule has 0 bridgehead atoms. The first kappa shape index (κ1) is 25.5. The number of piperidine rings is 1. The number of hydrogen-bond acceptors (Lipinski definition) is 4. The number of anilines is 4. The molecule has 0 spiro atoms. The summed E-state index contributed by atoms with van der Waals surface area (Å²) in [7, 11) is 1.91. The third kappa shape index (κ3) is 5.33. The van der Waals surface area contributed by atoms with Gasteiger partial charge in [0.05, 0.1) is 17.2 Å². The predicted molar refractivity (Wildman–Crippen MR) is 166 cm³/mol. The fourth-order valence-corrected chi connectivity index (χ4v) is 5.86.